The molecular formula is C24H23NO2. The van der Waals surface area contributed by atoms with Crippen LogP contribution in [0.4, 0.5) is 4.79 Å². The Morgan fingerprint density at radius 1 is 0.889 bits per heavy atom. The van der Waals surface area contributed by atoms with Gasteiger partial charge < -0.3 is 10.5 Å². The number of carbonyl (C=O) groups is 1. The Labute approximate surface area is 159 Å². The van der Waals surface area contributed by atoms with Gasteiger partial charge in [0.25, 0.3) is 0 Å². The van der Waals surface area contributed by atoms with Gasteiger partial charge in [-0.05, 0) is 45.9 Å². The van der Waals surface area contributed by atoms with E-state index in [2.05, 4.69) is 80.6 Å². The largest absolute Gasteiger partial charge is 0.441 e. The molecule has 3 aromatic rings. The highest BCUT2D eigenvalue weighted by molar-refractivity contribution is 5.74. The maximum atomic E-state index is 11.3. The predicted octanol–water partition coefficient (Wildman–Crippen LogP) is 5.74. The third-order valence-corrected chi connectivity index (χ3v) is 5.32. The molecule has 3 heteroatoms. The molecular weight excluding hydrogens is 334 g/mol. The summed E-state index contributed by atoms with van der Waals surface area (Å²) in [4.78, 5) is 11.3. The fraction of sp³-hybridized carbons (Fsp3) is 0.208. The second-order valence-electron chi connectivity index (χ2n) is 7.84. The van der Waals surface area contributed by atoms with E-state index < -0.39 is 6.09 Å². The van der Waals surface area contributed by atoms with Crippen molar-refractivity contribution < 1.29 is 9.53 Å². The molecule has 0 bridgehead atoms. The number of primary amides is 1. The molecule has 0 spiro atoms. The Morgan fingerprint density at radius 3 is 2.22 bits per heavy atom. The van der Waals surface area contributed by atoms with Crippen LogP contribution in [0, 0.1) is 5.41 Å². The molecule has 27 heavy (non-hydrogen) atoms. The number of hydrogen-bond donors (Lipinski definition) is 1. The van der Waals surface area contributed by atoms with Crippen molar-refractivity contribution in [2.24, 2.45) is 11.1 Å². The quantitative estimate of drug-likeness (QED) is 0.650. The first kappa shape index (κ1) is 17.3. The lowest BCUT2D eigenvalue weighted by molar-refractivity contribution is 0.0392. The number of rotatable bonds is 3. The van der Waals surface area contributed by atoms with Gasteiger partial charge in [-0.15, -0.1) is 0 Å². The van der Waals surface area contributed by atoms with E-state index in [1.54, 1.807) is 0 Å². The van der Waals surface area contributed by atoms with Gasteiger partial charge in [0.2, 0.25) is 0 Å². The number of benzene rings is 3. The highest BCUT2D eigenvalue weighted by Gasteiger charge is 2.41. The van der Waals surface area contributed by atoms with Crippen LogP contribution in [0.2, 0.25) is 0 Å². The van der Waals surface area contributed by atoms with Crippen LogP contribution in [-0.4, -0.2) is 6.09 Å². The Morgan fingerprint density at radius 2 is 1.52 bits per heavy atom. The second-order valence-corrected chi connectivity index (χ2v) is 7.84. The van der Waals surface area contributed by atoms with Crippen LogP contribution in [-0.2, 0) is 11.2 Å². The maximum Gasteiger partial charge on any atom is 0.405 e. The molecule has 136 valence electrons. The van der Waals surface area contributed by atoms with E-state index in [-0.39, 0.29) is 11.5 Å². The predicted molar refractivity (Wildman–Crippen MR) is 108 cm³/mol. The maximum absolute atomic E-state index is 11.3. The third-order valence-electron chi connectivity index (χ3n) is 5.32. The SMILES string of the molecule is CC1(C)Cc2cc(-c3cccc(-c4ccccc4)c3)ccc2C1OC(N)=O. The number of amides is 1. The van der Waals surface area contributed by atoms with Gasteiger partial charge >= 0.3 is 6.09 Å². The Bertz CT molecular complexity index is 992. The molecule has 1 atom stereocenters. The summed E-state index contributed by atoms with van der Waals surface area (Å²) in [6.07, 6.45) is -0.165. The topological polar surface area (TPSA) is 52.3 Å². The van der Waals surface area contributed by atoms with E-state index in [0.717, 1.165) is 12.0 Å². The third kappa shape index (κ3) is 3.33. The summed E-state index contributed by atoms with van der Waals surface area (Å²) in [7, 11) is 0. The monoisotopic (exact) mass is 357 g/mol. The first-order valence-electron chi connectivity index (χ1n) is 9.19. The highest BCUT2D eigenvalue weighted by Crippen LogP contribution is 2.48. The van der Waals surface area contributed by atoms with Crippen molar-refractivity contribution >= 4 is 6.09 Å². The summed E-state index contributed by atoms with van der Waals surface area (Å²) < 4.78 is 5.41. The van der Waals surface area contributed by atoms with Gasteiger partial charge in [0.1, 0.15) is 6.10 Å². The highest BCUT2D eigenvalue weighted by atomic mass is 16.6. The standard InChI is InChI=1S/C24H23NO2/c1-24(2)15-20-14-19(11-12-21(20)22(24)27-23(25)26)18-10-6-9-17(13-18)16-7-4-3-5-8-16/h3-14,22H,15H2,1-2H3,(H2,25,26). The Kier molecular flexibility index (Phi) is 4.23. The summed E-state index contributed by atoms with van der Waals surface area (Å²) in [6, 6.07) is 25.3. The van der Waals surface area contributed by atoms with Gasteiger partial charge in [-0.2, -0.15) is 0 Å². The smallest absolute Gasteiger partial charge is 0.405 e. The van der Waals surface area contributed by atoms with Crippen LogP contribution in [0.5, 0.6) is 0 Å². The normalized spacial score (nSPS) is 17.3. The number of carbonyl (C=O) groups excluding carboxylic acids is 1. The minimum Gasteiger partial charge on any atom is -0.441 e. The lowest BCUT2D eigenvalue weighted by atomic mass is 9.87. The van der Waals surface area contributed by atoms with Crippen molar-refractivity contribution in [3.05, 3.63) is 83.9 Å². The van der Waals surface area contributed by atoms with E-state index in [4.69, 9.17) is 10.5 Å². The molecule has 1 amide bonds. The summed E-state index contributed by atoms with van der Waals surface area (Å²) in [5.74, 6) is 0. The summed E-state index contributed by atoms with van der Waals surface area (Å²) in [5.41, 5.74) is 12.1. The average Bonchev–Trinajstić information content (AvgIpc) is 2.91. The first-order chi connectivity index (χ1) is 12.9. The van der Waals surface area contributed by atoms with Gasteiger partial charge in [0.15, 0.2) is 0 Å². The molecule has 1 aliphatic carbocycles. The lowest BCUT2D eigenvalue weighted by Crippen LogP contribution is -2.25. The fourth-order valence-electron chi connectivity index (χ4n) is 4.05. The first-order valence-corrected chi connectivity index (χ1v) is 9.19. The minimum atomic E-state index is -0.722. The molecule has 0 heterocycles. The van der Waals surface area contributed by atoms with Crippen molar-refractivity contribution in [2.45, 2.75) is 26.4 Å². The van der Waals surface area contributed by atoms with Gasteiger partial charge in [-0.3, -0.25) is 0 Å². The molecule has 1 unspecified atom stereocenters. The number of hydrogen-bond acceptors (Lipinski definition) is 2. The zero-order valence-corrected chi connectivity index (χ0v) is 15.6. The summed E-state index contributed by atoms with van der Waals surface area (Å²) in [5, 5.41) is 0. The van der Waals surface area contributed by atoms with Crippen LogP contribution in [0.15, 0.2) is 72.8 Å². The van der Waals surface area contributed by atoms with Gasteiger partial charge in [0, 0.05) is 5.41 Å². The molecule has 0 saturated heterocycles. The average molecular weight is 357 g/mol. The molecule has 0 fully saturated rings. The fourth-order valence-corrected chi connectivity index (χ4v) is 4.05. The molecule has 3 aromatic carbocycles. The van der Waals surface area contributed by atoms with Crippen LogP contribution >= 0.6 is 0 Å². The van der Waals surface area contributed by atoms with E-state index in [1.807, 2.05) is 6.07 Å². The minimum absolute atomic E-state index is 0.165. The lowest BCUT2D eigenvalue weighted by Gasteiger charge is -2.26. The Hall–Kier alpha value is -3.07. The molecule has 0 aromatic heterocycles. The molecule has 2 N–H and O–H groups in total. The van der Waals surface area contributed by atoms with E-state index in [1.165, 1.54) is 27.8 Å². The van der Waals surface area contributed by atoms with Crippen LogP contribution < -0.4 is 5.73 Å². The van der Waals surface area contributed by atoms with E-state index >= 15 is 0 Å². The number of nitrogens with two attached hydrogens (primary N) is 1. The van der Waals surface area contributed by atoms with Crippen molar-refractivity contribution in [3.63, 3.8) is 0 Å². The van der Waals surface area contributed by atoms with Crippen molar-refractivity contribution in [1.29, 1.82) is 0 Å². The zero-order chi connectivity index (χ0) is 19.0. The Balaban J connectivity index is 1.71. The van der Waals surface area contributed by atoms with Crippen molar-refractivity contribution in [2.75, 3.05) is 0 Å². The molecule has 0 saturated carbocycles. The summed E-state index contributed by atoms with van der Waals surface area (Å²) in [6.45, 7) is 4.21. The summed E-state index contributed by atoms with van der Waals surface area (Å²) >= 11 is 0. The van der Waals surface area contributed by atoms with Crippen LogP contribution in [0.25, 0.3) is 22.3 Å². The number of fused-ring (bicyclic) bond motifs is 1. The van der Waals surface area contributed by atoms with Crippen molar-refractivity contribution in [1.82, 2.24) is 0 Å². The van der Waals surface area contributed by atoms with Crippen molar-refractivity contribution in [3.8, 4) is 22.3 Å². The molecule has 0 radical (unpaired) electrons. The van der Waals surface area contributed by atoms with E-state index in [9.17, 15) is 4.79 Å². The molecule has 3 nitrogen and oxygen atoms in total. The zero-order valence-electron chi connectivity index (χ0n) is 15.6. The van der Waals surface area contributed by atoms with Gasteiger partial charge in [-0.1, -0.05) is 80.6 Å². The second kappa shape index (κ2) is 6.58. The van der Waals surface area contributed by atoms with Crippen LogP contribution in [0.1, 0.15) is 31.1 Å². The van der Waals surface area contributed by atoms with Gasteiger partial charge in [0.05, 0.1) is 0 Å². The van der Waals surface area contributed by atoms with E-state index in [0.29, 0.717) is 0 Å². The molecule has 1 aliphatic rings. The van der Waals surface area contributed by atoms with Gasteiger partial charge in [-0.25, -0.2) is 4.79 Å². The molecule has 4 rings (SSSR count). The molecule has 0 aliphatic heterocycles. The van der Waals surface area contributed by atoms with Crippen LogP contribution in [0.3, 0.4) is 0 Å². The number of ether oxygens (including phenoxy) is 1.